The van der Waals surface area contributed by atoms with Crippen molar-refractivity contribution in [3.05, 3.63) is 27.7 Å². The summed E-state index contributed by atoms with van der Waals surface area (Å²) in [4.78, 5) is 0.147. The first-order valence-electron chi connectivity index (χ1n) is 6.78. The number of nitrogens with zero attached hydrogens (tertiary/aromatic N) is 1. The molecule has 1 aromatic rings. The van der Waals surface area contributed by atoms with E-state index in [2.05, 4.69) is 0 Å². The molecular formula is C14H19Cl2NO2S. The van der Waals surface area contributed by atoms with E-state index in [0.717, 1.165) is 25.7 Å². The van der Waals surface area contributed by atoms with Gasteiger partial charge in [0.2, 0.25) is 10.0 Å². The molecule has 0 amide bonds. The van der Waals surface area contributed by atoms with E-state index in [1.54, 1.807) is 20.0 Å². The molecule has 0 N–H and O–H groups in total. The Kier molecular flexibility index (Phi) is 5.00. The highest BCUT2D eigenvalue weighted by Gasteiger charge is 2.31. The van der Waals surface area contributed by atoms with Crippen LogP contribution in [0.4, 0.5) is 0 Å². The Labute approximate surface area is 130 Å². The Morgan fingerprint density at radius 3 is 2.35 bits per heavy atom. The molecule has 0 aromatic heterocycles. The van der Waals surface area contributed by atoms with E-state index in [9.17, 15) is 8.42 Å². The third kappa shape index (κ3) is 2.98. The van der Waals surface area contributed by atoms with Crippen LogP contribution in [0.25, 0.3) is 0 Å². The Bertz CT molecular complexity index is 595. The lowest BCUT2D eigenvalue weighted by Gasteiger charge is -2.30. The van der Waals surface area contributed by atoms with Crippen molar-refractivity contribution in [2.75, 3.05) is 7.05 Å². The van der Waals surface area contributed by atoms with Gasteiger partial charge in [0.15, 0.2) is 0 Å². The largest absolute Gasteiger partial charge is 0.244 e. The zero-order chi connectivity index (χ0) is 14.9. The average Bonchev–Trinajstić information content (AvgIpc) is 2.44. The molecule has 20 heavy (non-hydrogen) atoms. The first-order valence-corrected chi connectivity index (χ1v) is 8.98. The van der Waals surface area contributed by atoms with Gasteiger partial charge in [-0.1, -0.05) is 42.5 Å². The van der Waals surface area contributed by atoms with Crippen LogP contribution >= 0.6 is 23.2 Å². The second-order valence-electron chi connectivity index (χ2n) is 5.30. The Balaban J connectivity index is 2.37. The van der Waals surface area contributed by atoms with Crippen molar-refractivity contribution < 1.29 is 8.42 Å². The van der Waals surface area contributed by atoms with E-state index in [-0.39, 0.29) is 16.0 Å². The molecular weight excluding hydrogens is 317 g/mol. The van der Waals surface area contributed by atoms with E-state index in [4.69, 9.17) is 23.2 Å². The summed E-state index contributed by atoms with van der Waals surface area (Å²) in [5.74, 6) is 0. The predicted molar refractivity (Wildman–Crippen MR) is 83.0 cm³/mol. The first kappa shape index (κ1) is 16.1. The quantitative estimate of drug-likeness (QED) is 0.827. The van der Waals surface area contributed by atoms with Crippen molar-refractivity contribution in [2.24, 2.45) is 0 Å². The minimum absolute atomic E-state index is 0.0702. The summed E-state index contributed by atoms with van der Waals surface area (Å²) >= 11 is 12.1. The SMILES string of the molecule is Cc1c(Cl)ccc(S(=O)(=O)N(C)C2CCCCC2)c1Cl. The van der Waals surface area contributed by atoms with Crippen LogP contribution in [0.5, 0.6) is 0 Å². The number of benzene rings is 1. The lowest BCUT2D eigenvalue weighted by Crippen LogP contribution is -2.38. The summed E-state index contributed by atoms with van der Waals surface area (Å²) in [7, 11) is -1.92. The van der Waals surface area contributed by atoms with Crippen molar-refractivity contribution in [1.29, 1.82) is 0 Å². The molecule has 0 spiro atoms. The summed E-state index contributed by atoms with van der Waals surface area (Å²) in [6.07, 6.45) is 5.18. The maximum atomic E-state index is 12.7. The van der Waals surface area contributed by atoms with Crippen molar-refractivity contribution >= 4 is 33.2 Å². The highest BCUT2D eigenvalue weighted by Crippen LogP contribution is 2.33. The predicted octanol–water partition coefficient (Wildman–Crippen LogP) is 4.26. The zero-order valence-corrected chi connectivity index (χ0v) is 14.0. The third-order valence-corrected chi connectivity index (χ3v) is 6.99. The van der Waals surface area contributed by atoms with E-state index < -0.39 is 10.0 Å². The standard InChI is InChI=1S/C14H19Cl2NO2S/c1-10-12(15)8-9-13(14(10)16)20(18,19)17(2)11-6-4-3-5-7-11/h8-9,11H,3-7H2,1-2H3. The van der Waals surface area contributed by atoms with E-state index in [0.29, 0.717) is 10.6 Å². The van der Waals surface area contributed by atoms with Crippen LogP contribution in [-0.2, 0) is 10.0 Å². The Morgan fingerprint density at radius 2 is 1.75 bits per heavy atom. The average molecular weight is 336 g/mol. The van der Waals surface area contributed by atoms with Gasteiger partial charge in [-0.2, -0.15) is 4.31 Å². The van der Waals surface area contributed by atoms with Crippen LogP contribution in [0.1, 0.15) is 37.7 Å². The maximum absolute atomic E-state index is 12.7. The van der Waals surface area contributed by atoms with Crippen molar-refractivity contribution in [3.8, 4) is 0 Å². The van der Waals surface area contributed by atoms with Gasteiger partial charge >= 0.3 is 0 Å². The number of hydrogen-bond acceptors (Lipinski definition) is 2. The molecule has 1 aliphatic rings. The number of halogens is 2. The molecule has 2 rings (SSSR count). The smallest absolute Gasteiger partial charge is 0.207 e. The lowest BCUT2D eigenvalue weighted by atomic mass is 9.96. The van der Waals surface area contributed by atoms with Crippen molar-refractivity contribution in [1.82, 2.24) is 4.31 Å². The Morgan fingerprint density at radius 1 is 1.15 bits per heavy atom. The minimum atomic E-state index is -3.57. The number of sulfonamides is 1. The Hall–Kier alpha value is -0.290. The molecule has 0 bridgehead atoms. The van der Waals surface area contributed by atoms with Gasteiger partial charge < -0.3 is 0 Å². The van der Waals surface area contributed by atoms with Crippen LogP contribution in [-0.4, -0.2) is 25.8 Å². The molecule has 1 saturated carbocycles. The normalized spacial score (nSPS) is 17.6. The fraction of sp³-hybridized carbons (Fsp3) is 0.571. The monoisotopic (exact) mass is 335 g/mol. The van der Waals surface area contributed by atoms with Gasteiger partial charge in [0.1, 0.15) is 4.90 Å². The second kappa shape index (κ2) is 6.22. The molecule has 0 saturated heterocycles. The van der Waals surface area contributed by atoms with Gasteiger partial charge in [-0.25, -0.2) is 8.42 Å². The summed E-state index contributed by atoms with van der Waals surface area (Å²) in [5, 5.41) is 0.703. The topological polar surface area (TPSA) is 37.4 Å². The highest BCUT2D eigenvalue weighted by atomic mass is 35.5. The van der Waals surface area contributed by atoms with Gasteiger partial charge in [0.05, 0.1) is 5.02 Å². The van der Waals surface area contributed by atoms with Gasteiger partial charge in [-0.05, 0) is 37.5 Å². The van der Waals surface area contributed by atoms with Crippen molar-refractivity contribution in [3.63, 3.8) is 0 Å². The molecule has 0 aliphatic heterocycles. The van der Waals surface area contributed by atoms with Crippen LogP contribution < -0.4 is 0 Å². The van der Waals surface area contributed by atoms with Gasteiger partial charge in [0, 0.05) is 18.1 Å². The summed E-state index contributed by atoms with van der Waals surface area (Å²) in [6.45, 7) is 1.73. The molecule has 112 valence electrons. The molecule has 0 unspecified atom stereocenters. The fourth-order valence-corrected chi connectivity index (χ4v) is 4.83. The molecule has 3 nitrogen and oxygen atoms in total. The van der Waals surface area contributed by atoms with E-state index in [1.807, 2.05) is 0 Å². The van der Waals surface area contributed by atoms with E-state index >= 15 is 0 Å². The van der Waals surface area contributed by atoms with Crippen LogP contribution in [0.2, 0.25) is 10.0 Å². The van der Waals surface area contributed by atoms with Crippen LogP contribution in [0, 0.1) is 6.92 Å². The molecule has 1 aromatic carbocycles. The van der Waals surface area contributed by atoms with Gasteiger partial charge in [-0.15, -0.1) is 0 Å². The zero-order valence-electron chi connectivity index (χ0n) is 11.7. The highest BCUT2D eigenvalue weighted by molar-refractivity contribution is 7.89. The van der Waals surface area contributed by atoms with Crippen LogP contribution in [0.15, 0.2) is 17.0 Å². The van der Waals surface area contributed by atoms with Gasteiger partial charge in [-0.3, -0.25) is 0 Å². The van der Waals surface area contributed by atoms with E-state index in [1.165, 1.54) is 16.8 Å². The third-order valence-electron chi connectivity index (χ3n) is 4.03. The van der Waals surface area contributed by atoms with Gasteiger partial charge in [0.25, 0.3) is 0 Å². The summed E-state index contributed by atoms with van der Waals surface area (Å²) in [6, 6.07) is 3.15. The van der Waals surface area contributed by atoms with Crippen LogP contribution in [0.3, 0.4) is 0 Å². The summed E-state index contributed by atoms with van der Waals surface area (Å²) < 4.78 is 26.9. The molecule has 0 heterocycles. The number of hydrogen-bond donors (Lipinski definition) is 0. The molecule has 1 aliphatic carbocycles. The number of rotatable bonds is 3. The molecule has 0 radical (unpaired) electrons. The lowest BCUT2D eigenvalue weighted by molar-refractivity contribution is 0.286. The molecule has 1 fully saturated rings. The molecule has 0 atom stereocenters. The first-order chi connectivity index (χ1) is 9.35. The summed E-state index contributed by atoms with van der Waals surface area (Å²) in [5.41, 5.74) is 0.603. The fourth-order valence-electron chi connectivity index (χ4n) is 2.63. The second-order valence-corrected chi connectivity index (χ2v) is 8.05. The minimum Gasteiger partial charge on any atom is -0.207 e. The van der Waals surface area contributed by atoms with Crippen molar-refractivity contribution in [2.45, 2.75) is 50.0 Å². The molecule has 6 heteroatoms. The maximum Gasteiger partial charge on any atom is 0.244 e.